The number of carbonyl (C=O) groups is 1. The lowest BCUT2D eigenvalue weighted by Gasteiger charge is -2.09. The third-order valence-electron chi connectivity index (χ3n) is 3.09. The number of hydrogen-bond acceptors (Lipinski definition) is 3. The highest BCUT2D eigenvalue weighted by Gasteiger charge is 2.13. The van der Waals surface area contributed by atoms with Crippen molar-refractivity contribution in [3.05, 3.63) is 23.0 Å². The number of nitrogens with zero attached hydrogens (tertiary/aromatic N) is 2. The summed E-state index contributed by atoms with van der Waals surface area (Å²) in [4.78, 5) is 15.8. The standard InChI is InChI=1S/C14H18ClFN4O/c1-8(2)7-18-13(21)3-4-20-12-5-9(15)10(16)6-11(12)19-14(20)17/h5-6,8H,3-4,7H2,1-2H3,(H2,17,19)(H,18,21). The number of anilines is 1. The summed E-state index contributed by atoms with van der Waals surface area (Å²) in [6.07, 6.45) is 0.275. The van der Waals surface area contributed by atoms with Gasteiger partial charge in [-0.1, -0.05) is 25.4 Å². The Morgan fingerprint density at radius 2 is 2.24 bits per heavy atom. The largest absolute Gasteiger partial charge is 0.369 e. The van der Waals surface area contributed by atoms with Crippen LogP contribution in [-0.4, -0.2) is 22.0 Å². The molecule has 2 aromatic rings. The predicted octanol–water partition coefficient (Wildman–Crippen LogP) is 2.57. The van der Waals surface area contributed by atoms with E-state index in [2.05, 4.69) is 10.3 Å². The van der Waals surface area contributed by atoms with Gasteiger partial charge in [0.2, 0.25) is 11.9 Å². The molecular weight excluding hydrogens is 295 g/mol. The molecule has 21 heavy (non-hydrogen) atoms. The molecule has 0 saturated carbocycles. The molecular formula is C14H18ClFN4O. The van der Waals surface area contributed by atoms with Gasteiger partial charge in [0.15, 0.2) is 0 Å². The van der Waals surface area contributed by atoms with E-state index in [9.17, 15) is 9.18 Å². The maximum Gasteiger partial charge on any atom is 0.221 e. The van der Waals surface area contributed by atoms with Gasteiger partial charge in [-0.2, -0.15) is 0 Å². The molecule has 1 heterocycles. The van der Waals surface area contributed by atoms with Crippen molar-refractivity contribution >= 4 is 34.5 Å². The zero-order valence-electron chi connectivity index (χ0n) is 12.0. The summed E-state index contributed by atoms with van der Waals surface area (Å²) in [5.41, 5.74) is 6.87. The van der Waals surface area contributed by atoms with Crippen LogP contribution in [0.2, 0.25) is 5.02 Å². The Morgan fingerprint density at radius 3 is 2.90 bits per heavy atom. The molecule has 0 spiro atoms. The van der Waals surface area contributed by atoms with Crippen LogP contribution in [0.4, 0.5) is 10.3 Å². The topological polar surface area (TPSA) is 72.9 Å². The minimum atomic E-state index is -0.538. The second kappa shape index (κ2) is 6.30. The molecule has 1 aromatic heterocycles. The normalized spacial score (nSPS) is 11.3. The summed E-state index contributed by atoms with van der Waals surface area (Å²) in [6.45, 7) is 5.06. The monoisotopic (exact) mass is 312 g/mol. The van der Waals surface area contributed by atoms with Crippen molar-refractivity contribution in [3.8, 4) is 0 Å². The third kappa shape index (κ3) is 3.64. The average Bonchev–Trinajstić information content (AvgIpc) is 2.70. The van der Waals surface area contributed by atoms with Gasteiger partial charge in [0.25, 0.3) is 0 Å². The first-order valence-corrected chi connectivity index (χ1v) is 7.13. The maximum absolute atomic E-state index is 13.4. The number of amides is 1. The Balaban J connectivity index is 2.13. The summed E-state index contributed by atoms with van der Waals surface area (Å²) in [5.74, 6) is 0.0415. The predicted molar refractivity (Wildman–Crippen MR) is 81.6 cm³/mol. The van der Waals surface area contributed by atoms with Gasteiger partial charge >= 0.3 is 0 Å². The highest BCUT2D eigenvalue weighted by molar-refractivity contribution is 6.31. The number of fused-ring (bicyclic) bond motifs is 1. The smallest absolute Gasteiger partial charge is 0.221 e. The van der Waals surface area contributed by atoms with E-state index in [1.165, 1.54) is 12.1 Å². The molecule has 3 N–H and O–H groups in total. The summed E-state index contributed by atoms with van der Waals surface area (Å²) in [6, 6.07) is 2.71. The second-order valence-electron chi connectivity index (χ2n) is 5.32. The van der Waals surface area contributed by atoms with E-state index in [0.717, 1.165) is 0 Å². The van der Waals surface area contributed by atoms with Crippen LogP contribution in [0.25, 0.3) is 11.0 Å². The Labute approximate surface area is 127 Å². The Kier molecular flexibility index (Phi) is 4.67. The zero-order chi connectivity index (χ0) is 15.6. The van der Waals surface area contributed by atoms with Gasteiger partial charge in [-0.05, 0) is 12.0 Å². The lowest BCUT2D eigenvalue weighted by Crippen LogP contribution is -2.28. The first kappa shape index (κ1) is 15.6. The van der Waals surface area contributed by atoms with Crippen LogP contribution in [0.5, 0.6) is 0 Å². The van der Waals surface area contributed by atoms with E-state index < -0.39 is 5.82 Å². The molecule has 0 aliphatic rings. The molecule has 114 valence electrons. The third-order valence-corrected chi connectivity index (χ3v) is 3.38. The van der Waals surface area contributed by atoms with Crippen molar-refractivity contribution in [2.24, 2.45) is 5.92 Å². The summed E-state index contributed by atoms with van der Waals surface area (Å²) >= 11 is 5.78. The lowest BCUT2D eigenvalue weighted by molar-refractivity contribution is -0.121. The van der Waals surface area contributed by atoms with Crippen molar-refractivity contribution in [2.75, 3.05) is 12.3 Å². The van der Waals surface area contributed by atoms with Gasteiger partial charge in [0.05, 0.1) is 16.1 Å². The molecule has 0 fully saturated rings. The van der Waals surface area contributed by atoms with E-state index >= 15 is 0 Å². The number of nitrogen functional groups attached to an aromatic ring is 1. The van der Waals surface area contributed by atoms with Gasteiger partial charge in [0, 0.05) is 25.6 Å². The van der Waals surface area contributed by atoms with Crippen molar-refractivity contribution in [1.29, 1.82) is 0 Å². The van der Waals surface area contributed by atoms with Gasteiger partial charge in [0.1, 0.15) is 5.82 Å². The molecule has 0 saturated heterocycles. The number of benzene rings is 1. The number of rotatable bonds is 5. The molecule has 0 unspecified atom stereocenters. The number of carbonyl (C=O) groups excluding carboxylic acids is 1. The minimum Gasteiger partial charge on any atom is -0.369 e. The van der Waals surface area contributed by atoms with E-state index in [4.69, 9.17) is 17.3 Å². The highest BCUT2D eigenvalue weighted by atomic mass is 35.5. The molecule has 1 aromatic carbocycles. The van der Waals surface area contributed by atoms with Crippen LogP contribution < -0.4 is 11.1 Å². The lowest BCUT2D eigenvalue weighted by atomic mass is 10.2. The fourth-order valence-corrected chi connectivity index (χ4v) is 2.15. The molecule has 2 rings (SSSR count). The summed E-state index contributed by atoms with van der Waals surface area (Å²) in [7, 11) is 0. The van der Waals surface area contributed by atoms with Gasteiger partial charge in [-0.25, -0.2) is 9.37 Å². The molecule has 0 aliphatic carbocycles. The molecule has 0 bridgehead atoms. The zero-order valence-corrected chi connectivity index (χ0v) is 12.7. The van der Waals surface area contributed by atoms with Crippen molar-refractivity contribution in [3.63, 3.8) is 0 Å². The molecule has 0 radical (unpaired) electrons. The van der Waals surface area contributed by atoms with E-state index in [1.54, 1.807) is 4.57 Å². The molecule has 0 aliphatic heterocycles. The summed E-state index contributed by atoms with van der Waals surface area (Å²) in [5, 5.41) is 2.84. The Morgan fingerprint density at radius 1 is 1.52 bits per heavy atom. The van der Waals surface area contributed by atoms with Crippen LogP contribution in [0, 0.1) is 11.7 Å². The van der Waals surface area contributed by atoms with Gasteiger partial charge in [-0.3, -0.25) is 4.79 Å². The highest BCUT2D eigenvalue weighted by Crippen LogP contribution is 2.24. The number of nitrogens with one attached hydrogen (secondary N) is 1. The Bertz CT molecular complexity index is 669. The van der Waals surface area contributed by atoms with Crippen molar-refractivity contribution in [1.82, 2.24) is 14.9 Å². The number of imidazole rings is 1. The Hall–Kier alpha value is -1.82. The maximum atomic E-state index is 13.4. The molecule has 0 atom stereocenters. The van der Waals surface area contributed by atoms with Crippen LogP contribution in [0.3, 0.4) is 0 Å². The number of aryl methyl sites for hydroxylation is 1. The summed E-state index contributed by atoms with van der Waals surface area (Å²) < 4.78 is 15.1. The van der Waals surface area contributed by atoms with E-state index in [-0.39, 0.29) is 23.3 Å². The quantitative estimate of drug-likeness (QED) is 0.891. The molecule has 1 amide bonds. The molecule has 7 heteroatoms. The fraction of sp³-hybridized carbons (Fsp3) is 0.429. The molecule has 5 nitrogen and oxygen atoms in total. The van der Waals surface area contributed by atoms with Crippen LogP contribution in [0.15, 0.2) is 12.1 Å². The number of aromatic nitrogens is 2. The second-order valence-corrected chi connectivity index (χ2v) is 5.73. The van der Waals surface area contributed by atoms with E-state index in [1.807, 2.05) is 13.8 Å². The van der Waals surface area contributed by atoms with Crippen molar-refractivity contribution < 1.29 is 9.18 Å². The minimum absolute atomic E-state index is 0.00732. The van der Waals surface area contributed by atoms with Crippen LogP contribution in [0.1, 0.15) is 20.3 Å². The first-order chi connectivity index (χ1) is 9.88. The van der Waals surface area contributed by atoms with E-state index in [0.29, 0.717) is 30.0 Å². The number of nitrogens with two attached hydrogens (primary N) is 1. The van der Waals surface area contributed by atoms with Gasteiger partial charge < -0.3 is 15.6 Å². The fourth-order valence-electron chi connectivity index (χ4n) is 1.99. The SMILES string of the molecule is CC(C)CNC(=O)CCn1c(N)nc2cc(F)c(Cl)cc21. The first-order valence-electron chi connectivity index (χ1n) is 6.76. The average molecular weight is 313 g/mol. The van der Waals surface area contributed by atoms with Gasteiger partial charge in [-0.15, -0.1) is 0 Å². The van der Waals surface area contributed by atoms with Crippen LogP contribution >= 0.6 is 11.6 Å². The van der Waals surface area contributed by atoms with Crippen molar-refractivity contribution in [2.45, 2.75) is 26.8 Å². The number of hydrogen-bond donors (Lipinski definition) is 2. The number of halogens is 2. The van der Waals surface area contributed by atoms with Crippen LogP contribution in [-0.2, 0) is 11.3 Å².